The molecule has 4 unspecified atom stereocenters. The summed E-state index contributed by atoms with van der Waals surface area (Å²) in [7, 11) is -4.31. The third-order valence-electron chi connectivity index (χ3n) is 8.72. The van der Waals surface area contributed by atoms with Crippen molar-refractivity contribution < 1.29 is 43.0 Å². The highest BCUT2D eigenvalue weighted by atomic mass is 31.2. The molecule has 54 heavy (non-hydrogen) atoms. The van der Waals surface area contributed by atoms with Crippen molar-refractivity contribution in [1.29, 1.82) is 0 Å². The van der Waals surface area contributed by atoms with Gasteiger partial charge in [0.05, 0.1) is 32.0 Å². The number of phosphoric ester groups is 1. The van der Waals surface area contributed by atoms with E-state index in [0.29, 0.717) is 25.9 Å². The quantitative estimate of drug-likeness (QED) is 0.0205. The molecule has 0 aliphatic rings. The van der Waals surface area contributed by atoms with Crippen molar-refractivity contribution in [3.63, 3.8) is 0 Å². The van der Waals surface area contributed by atoms with E-state index in [4.69, 9.17) is 24.3 Å². The number of nitrogens with two attached hydrogens (primary N) is 1. The number of allylic oxidation sites excluding steroid dienone is 9. The molecule has 0 rings (SSSR count). The summed E-state index contributed by atoms with van der Waals surface area (Å²) in [5.41, 5.74) is 5.35. The Morgan fingerprint density at radius 3 is 1.61 bits per heavy atom. The first-order chi connectivity index (χ1) is 26.3. The third kappa shape index (κ3) is 37.1. The van der Waals surface area contributed by atoms with Crippen molar-refractivity contribution in [2.24, 2.45) is 5.73 Å². The van der Waals surface area contributed by atoms with Gasteiger partial charge in [0, 0.05) is 19.6 Å². The van der Waals surface area contributed by atoms with Crippen molar-refractivity contribution in [2.45, 2.75) is 173 Å². The summed E-state index contributed by atoms with van der Waals surface area (Å²) in [5.74, 6) is -0.430. The summed E-state index contributed by atoms with van der Waals surface area (Å²) in [5, 5.41) is 19.3. The van der Waals surface area contributed by atoms with Crippen molar-refractivity contribution in [3.05, 3.63) is 60.8 Å². The number of hydrogen-bond donors (Lipinski definition) is 4. The molecule has 0 bridgehead atoms. The third-order valence-corrected chi connectivity index (χ3v) is 9.70. The van der Waals surface area contributed by atoms with E-state index in [9.17, 15) is 24.5 Å². The first kappa shape index (κ1) is 52.1. The number of hydrogen-bond acceptors (Lipinski definition) is 9. The minimum Gasteiger partial charge on any atom is -0.457 e. The number of rotatable bonds is 39. The van der Waals surface area contributed by atoms with Crippen molar-refractivity contribution in [2.75, 3.05) is 33.0 Å². The highest BCUT2D eigenvalue weighted by molar-refractivity contribution is 7.47. The Kier molecular flexibility index (Phi) is 38.0. The lowest BCUT2D eigenvalue weighted by Crippen LogP contribution is -2.28. The second-order valence-corrected chi connectivity index (χ2v) is 15.2. The molecule has 0 heterocycles. The van der Waals surface area contributed by atoms with Crippen molar-refractivity contribution in [3.8, 4) is 0 Å². The summed E-state index contributed by atoms with van der Waals surface area (Å²) in [6, 6.07) is 0. The van der Waals surface area contributed by atoms with E-state index in [1.54, 1.807) is 0 Å². The molecule has 0 radical (unpaired) electrons. The van der Waals surface area contributed by atoms with Crippen LogP contribution in [0.5, 0.6) is 0 Å². The lowest BCUT2D eigenvalue weighted by Gasteiger charge is -2.20. The molecular weight excluding hydrogens is 705 g/mol. The second kappa shape index (κ2) is 39.4. The Hall–Kier alpha value is -1.88. The fourth-order valence-electron chi connectivity index (χ4n) is 5.42. The normalized spacial score (nSPS) is 15.3. The van der Waals surface area contributed by atoms with Gasteiger partial charge < -0.3 is 30.3 Å². The van der Waals surface area contributed by atoms with Crippen LogP contribution in [0.4, 0.5) is 0 Å². The Balaban J connectivity index is 4.23. The van der Waals surface area contributed by atoms with E-state index >= 15 is 0 Å². The maximum absolute atomic E-state index is 12.5. The zero-order valence-corrected chi connectivity index (χ0v) is 34.8. The molecule has 0 aromatic carbocycles. The van der Waals surface area contributed by atoms with Gasteiger partial charge in [-0.05, 0) is 51.4 Å². The number of carbonyl (C=O) groups excluding carboxylic acids is 1. The fraction of sp³-hybridized carbons (Fsp3) is 0.744. The topological polar surface area (TPSA) is 158 Å². The van der Waals surface area contributed by atoms with Gasteiger partial charge in [-0.25, -0.2) is 4.57 Å². The standard InChI is InChI=1S/C43H78NO9P/c1-3-5-6-7-8-9-10-11-17-20-23-26-29-32-36-50-38-40(39-52-54(48,49)51-37-35-44)53-43(47)34-31-28-25-22-19-16-14-12-13-15-18-21-24-27-30-33-42(46)41(45)4-2/h12-13,16,18-19,21,25,27-28,30,40-42,45-46H,3-11,14-15,17,20,22-24,26,29,31-39,44H2,1-2H3,(H,48,49)/b13-12+,19-16+,21-18+,28-25+,30-27+. The number of carbonyl (C=O) groups is 1. The van der Waals surface area contributed by atoms with E-state index in [2.05, 4.69) is 43.4 Å². The molecular formula is C43H78NO9P. The molecule has 0 fully saturated rings. The largest absolute Gasteiger partial charge is 0.472 e. The van der Waals surface area contributed by atoms with Crippen molar-refractivity contribution >= 4 is 13.8 Å². The first-order valence-corrected chi connectivity index (χ1v) is 22.4. The molecule has 0 aromatic heterocycles. The monoisotopic (exact) mass is 784 g/mol. The van der Waals surface area contributed by atoms with Crippen LogP contribution in [0.15, 0.2) is 60.8 Å². The summed E-state index contributed by atoms with van der Waals surface area (Å²) in [4.78, 5) is 22.4. The van der Waals surface area contributed by atoms with Crippen LogP contribution >= 0.6 is 7.82 Å². The number of unbranched alkanes of at least 4 members (excludes halogenated alkanes) is 13. The summed E-state index contributed by atoms with van der Waals surface area (Å²) < 4.78 is 33.3. The molecule has 0 amide bonds. The SMILES string of the molecule is CCCCCCCCCCCCCCCCOCC(COP(=O)(O)OCCN)OC(=O)CC/C=C/C/C=C/C/C=C/C/C=C/C/C=C/CC(O)C(O)CC. The zero-order valence-electron chi connectivity index (χ0n) is 33.9. The van der Waals surface area contributed by atoms with E-state index < -0.39 is 32.1 Å². The lowest BCUT2D eigenvalue weighted by atomic mass is 10.0. The summed E-state index contributed by atoms with van der Waals surface area (Å²) in [6.07, 6.45) is 41.1. The van der Waals surface area contributed by atoms with Gasteiger partial charge >= 0.3 is 13.8 Å². The van der Waals surface area contributed by atoms with Gasteiger partial charge in [0.25, 0.3) is 0 Å². The van der Waals surface area contributed by atoms with Crippen LogP contribution in [0, 0.1) is 0 Å². The fourth-order valence-corrected chi connectivity index (χ4v) is 6.19. The Bertz CT molecular complexity index is 1050. The molecule has 314 valence electrons. The van der Waals surface area contributed by atoms with E-state index in [-0.39, 0.29) is 32.8 Å². The first-order valence-electron chi connectivity index (χ1n) is 21.0. The van der Waals surface area contributed by atoms with Gasteiger partial charge in [-0.1, -0.05) is 158 Å². The minimum absolute atomic E-state index is 0.0706. The Morgan fingerprint density at radius 1 is 0.630 bits per heavy atom. The average Bonchev–Trinajstić information content (AvgIpc) is 3.16. The minimum atomic E-state index is -4.31. The number of aliphatic hydroxyl groups is 2. The van der Waals surface area contributed by atoms with E-state index in [0.717, 1.165) is 38.5 Å². The van der Waals surface area contributed by atoms with Gasteiger partial charge in [0.15, 0.2) is 0 Å². The molecule has 0 spiro atoms. The van der Waals surface area contributed by atoms with Crippen LogP contribution in [0.3, 0.4) is 0 Å². The summed E-state index contributed by atoms with van der Waals surface area (Å²) >= 11 is 0. The van der Waals surface area contributed by atoms with Crippen LogP contribution in [-0.2, 0) is 27.9 Å². The van der Waals surface area contributed by atoms with Gasteiger partial charge in [-0.3, -0.25) is 13.8 Å². The smallest absolute Gasteiger partial charge is 0.457 e. The molecule has 0 aliphatic heterocycles. The maximum atomic E-state index is 12.5. The predicted molar refractivity (Wildman–Crippen MR) is 222 cm³/mol. The molecule has 5 N–H and O–H groups in total. The van der Waals surface area contributed by atoms with Gasteiger partial charge in [0.1, 0.15) is 6.10 Å². The number of phosphoric acid groups is 1. The molecule has 0 saturated carbocycles. The van der Waals surface area contributed by atoms with Crippen LogP contribution in [0.25, 0.3) is 0 Å². The second-order valence-electron chi connectivity index (χ2n) is 13.8. The van der Waals surface area contributed by atoms with Gasteiger partial charge in [-0.15, -0.1) is 0 Å². The predicted octanol–water partition coefficient (Wildman–Crippen LogP) is 10.1. The highest BCUT2D eigenvalue weighted by Gasteiger charge is 2.25. The molecule has 4 atom stereocenters. The van der Waals surface area contributed by atoms with Crippen LogP contribution in [-0.4, -0.2) is 72.4 Å². The molecule has 0 aliphatic carbocycles. The van der Waals surface area contributed by atoms with Gasteiger partial charge in [0.2, 0.25) is 0 Å². The molecule has 10 nitrogen and oxygen atoms in total. The van der Waals surface area contributed by atoms with Gasteiger partial charge in [-0.2, -0.15) is 0 Å². The maximum Gasteiger partial charge on any atom is 0.472 e. The molecule has 0 aromatic rings. The average molecular weight is 784 g/mol. The summed E-state index contributed by atoms with van der Waals surface area (Å²) in [6.45, 7) is 4.34. The van der Waals surface area contributed by atoms with Crippen molar-refractivity contribution in [1.82, 2.24) is 0 Å². The van der Waals surface area contributed by atoms with Crippen LogP contribution in [0.1, 0.15) is 155 Å². The van der Waals surface area contributed by atoms with E-state index in [1.807, 2.05) is 31.2 Å². The van der Waals surface area contributed by atoms with Crippen LogP contribution < -0.4 is 5.73 Å². The number of ether oxygens (including phenoxy) is 2. The highest BCUT2D eigenvalue weighted by Crippen LogP contribution is 2.43. The van der Waals surface area contributed by atoms with E-state index in [1.165, 1.54) is 77.0 Å². The van der Waals surface area contributed by atoms with Crippen LogP contribution in [0.2, 0.25) is 0 Å². The zero-order chi connectivity index (χ0) is 39.8. The Morgan fingerprint density at radius 2 is 1.11 bits per heavy atom. The molecule has 11 heteroatoms. The molecule has 0 saturated heterocycles. The number of esters is 1. The number of aliphatic hydroxyl groups excluding tert-OH is 2. The lowest BCUT2D eigenvalue weighted by molar-refractivity contribution is -0.154. The Labute approximate surface area is 329 Å².